The minimum absolute atomic E-state index is 0.319. The normalized spacial score (nSPS) is 15.1. The van der Waals surface area contributed by atoms with E-state index in [1.54, 1.807) is 12.1 Å². The third kappa shape index (κ3) is 4.13. The number of alkyl halides is 3. The SMILES string of the molecule is O=C(Nc1ccc(C(F)(F)F)cc1)c1ccccc1N1CCCCC1. The molecular weight excluding hydrogens is 329 g/mol. The van der Waals surface area contributed by atoms with Crippen LogP contribution in [0.4, 0.5) is 24.5 Å². The summed E-state index contributed by atoms with van der Waals surface area (Å²) in [7, 11) is 0. The van der Waals surface area contributed by atoms with E-state index in [4.69, 9.17) is 0 Å². The minimum atomic E-state index is -4.39. The molecule has 2 aromatic carbocycles. The number of halogens is 3. The monoisotopic (exact) mass is 348 g/mol. The first-order valence-electron chi connectivity index (χ1n) is 8.28. The fourth-order valence-corrected chi connectivity index (χ4v) is 3.02. The van der Waals surface area contributed by atoms with Gasteiger partial charge in [0, 0.05) is 24.5 Å². The molecule has 1 aliphatic rings. The Morgan fingerprint density at radius 1 is 0.920 bits per heavy atom. The first-order valence-corrected chi connectivity index (χ1v) is 8.28. The molecule has 1 aliphatic heterocycles. The van der Waals surface area contributed by atoms with E-state index in [-0.39, 0.29) is 5.91 Å². The first-order chi connectivity index (χ1) is 11.9. The molecule has 132 valence electrons. The highest BCUT2D eigenvalue weighted by molar-refractivity contribution is 6.08. The zero-order valence-electron chi connectivity index (χ0n) is 13.6. The van der Waals surface area contributed by atoms with Gasteiger partial charge in [-0.3, -0.25) is 4.79 Å². The number of carbonyl (C=O) groups excluding carboxylic acids is 1. The van der Waals surface area contributed by atoms with Crippen molar-refractivity contribution >= 4 is 17.3 Å². The van der Waals surface area contributed by atoms with Gasteiger partial charge in [-0.2, -0.15) is 13.2 Å². The molecule has 0 saturated carbocycles. The van der Waals surface area contributed by atoms with Crippen LogP contribution in [0.1, 0.15) is 35.2 Å². The maximum atomic E-state index is 12.6. The van der Waals surface area contributed by atoms with Gasteiger partial charge in [0.05, 0.1) is 11.1 Å². The van der Waals surface area contributed by atoms with Crippen molar-refractivity contribution in [1.29, 1.82) is 0 Å². The number of rotatable bonds is 3. The van der Waals surface area contributed by atoms with E-state index in [1.165, 1.54) is 18.6 Å². The maximum absolute atomic E-state index is 12.6. The van der Waals surface area contributed by atoms with E-state index in [0.717, 1.165) is 43.8 Å². The Balaban J connectivity index is 1.77. The maximum Gasteiger partial charge on any atom is 0.416 e. The van der Waals surface area contributed by atoms with Crippen LogP contribution in [0.25, 0.3) is 0 Å². The van der Waals surface area contributed by atoms with Crippen molar-refractivity contribution in [2.24, 2.45) is 0 Å². The van der Waals surface area contributed by atoms with Gasteiger partial charge in [0.15, 0.2) is 0 Å². The number of piperidine rings is 1. The lowest BCUT2D eigenvalue weighted by Gasteiger charge is -2.30. The Hall–Kier alpha value is -2.50. The lowest BCUT2D eigenvalue weighted by molar-refractivity contribution is -0.137. The highest BCUT2D eigenvalue weighted by Gasteiger charge is 2.30. The Bertz CT molecular complexity index is 735. The summed E-state index contributed by atoms with van der Waals surface area (Å²) in [5.41, 5.74) is 1.00. The van der Waals surface area contributed by atoms with Crippen molar-refractivity contribution in [2.45, 2.75) is 25.4 Å². The number of nitrogens with one attached hydrogen (secondary N) is 1. The Labute approximate surface area is 144 Å². The molecule has 0 bridgehead atoms. The predicted octanol–water partition coefficient (Wildman–Crippen LogP) is 4.95. The number of hydrogen-bond acceptors (Lipinski definition) is 2. The fraction of sp³-hybridized carbons (Fsp3) is 0.316. The lowest BCUT2D eigenvalue weighted by atomic mass is 10.1. The van der Waals surface area contributed by atoms with Gasteiger partial charge in [-0.05, 0) is 55.7 Å². The Kier molecular flexibility index (Phi) is 4.97. The fourth-order valence-electron chi connectivity index (χ4n) is 3.02. The molecule has 0 aliphatic carbocycles. The summed E-state index contributed by atoms with van der Waals surface area (Å²) >= 11 is 0. The summed E-state index contributed by atoms with van der Waals surface area (Å²) in [5, 5.41) is 2.68. The van der Waals surface area contributed by atoms with Crippen LogP contribution in [0.2, 0.25) is 0 Å². The molecular formula is C19H19F3N2O. The molecule has 2 aromatic rings. The van der Waals surface area contributed by atoms with Crippen molar-refractivity contribution in [3.05, 3.63) is 59.7 Å². The van der Waals surface area contributed by atoms with E-state index >= 15 is 0 Å². The number of nitrogens with zero attached hydrogens (tertiary/aromatic N) is 1. The van der Waals surface area contributed by atoms with Gasteiger partial charge in [0.1, 0.15) is 0 Å². The summed E-state index contributed by atoms with van der Waals surface area (Å²) in [6.07, 6.45) is -1.01. The molecule has 6 heteroatoms. The van der Waals surface area contributed by atoms with Crippen molar-refractivity contribution < 1.29 is 18.0 Å². The van der Waals surface area contributed by atoms with Gasteiger partial charge in [-0.25, -0.2) is 0 Å². The highest BCUT2D eigenvalue weighted by atomic mass is 19.4. The van der Waals surface area contributed by atoms with Gasteiger partial charge < -0.3 is 10.2 Å². The second kappa shape index (κ2) is 7.17. The standard InChI is InChI=1S/C19H19F3N2O/c20-19(21,22)14-8-10-15(11-9-14)23-18(25)16-6-2-3-7-17(16)24-12-4-1-5-13-24/h2-3,6-11H,1,4-5,12-13H2,(H,23,25). The number of amides is 1. The van der Waals surface area contributed by atoms with E-state index in [0.29, 0.717) is 11.3 Å². The van der Waals surface area contributed by atoms with Gasteiger partial charge in [-0.15, -0.1) is 0 Å². The molecule has 25 heavy (non-hydrogen) atoms. The summed E-state index contributed by atoms with van der Waals surface area (Å²) in [5.74, 6) is -0.319. The molecule has 1 N–H and O–H groups in total. The third-order valence-electron chi connectivity index (χ3n) is 4.32. The predicted molar refractivity (Wildman–Crippen MR) is 91.9 cm³/mol. The average molecular weight is 348 g/mol. The number of hydrogen-bond donors (Lipinski definition) is 1. The van der Waals surface area contributed by atoms with Crippen LogP contribution >= 0.6 is 0 Å². The molecule has 1 amide bonds. The van der Waals surface area contributed by atoms with E-state index in [1.807, 2.05) is 12.1 Å². The molecule has 1 heterocycles. The lowest BCUT2D eigenvalue weighted by Crippen LogP contribution is -2.31. The molecule has 0 aromatic heterocycles. The van der Waals surface area contributed by atoms with Gasteiger partial charge in [-0.1, -0.05) is 12.1 Å². The quantitative estimate of drug-likeness (QED) is 0.851. The molecule has 0 spiro atoms. The van der Waals surface area contributed by atoms with Crippen LogP contribution in [-0.4, -0.2) is 19.0 Å². The van der Waals surface area contributed by atoms with Crippen LogP contribution in [0, 0.1) is 0 Å². The van der Waals surface area contributed by atoms with E-state index < -0.39 is 11.7 Å². The van der Waals surface area contributed by atoms with Crippen LogP contribution < -0.4 is 10.2 Å². The summed E-state index contributed by atoms with van der Waals surface area (Å²) in [6.45, 7) is 1.81. The van der Waals surface area contributed by atoms with Crippen molar-refractivity contribution in [3.8, 4) is 0 Å². The molecule has 3 rings (SSSR count). The number of benzene rings is 2. The molecule has 3 nitrogen and oxygen atoms in total. The molecule has 0 unspecified atom stereocenters. The number of para-hydroxylation sites is 1. The Morgan fingerprint density at radius 2 is 1.56 bits per heavy atom. The number of anilines is 2. The molecule has 1 saturated heterocycles. The topological polar surface area (TPSA) is 32.3 Å². The number of carbonyl (C=O) groups is 1. The summed E-state index contributed by atoms with van der Waals surface area (Å²) in [4.78, 5) is 14.8. The zero-order valence-corrected chi connectivity index (χ0v) is 13.6. The van der Waals surface area contributed by atoms with Gasteiger partial charge in [0.2, 0.25) is 0 Å². The van der Waals surface area contributed by atoms with E-state index in [2.05, 4.69) is 10.2 Å². The highest BCUT2D eigenvalue weighted by Crippen LogP contribution is 2.30. The first kappa shape index (κ1) is 17.3. The van der Waals surface area contributed by atoms with Crippen LogP contribution in [0.5, 0.6) is 0 Å². The van der Waals surface area contributed by atoms with Crippen LogP contribution in [-0.2, 0) is 6.18 Å². The smallest absolute Gasteiger partial charge is 0.371 e. The van der Waals surface area contributed by atoms with Crippen LogP contribution in [0.15, 0.2) is 48.5 Å². The summed E-state index contributed by atoms with van der Waals surface area (Å²) < 4.78 is 37.8. The minimum Gasteiger partial charge on any atom is -0.371 e. The van der Waals surface area contributed by atoms with Crippen molar-refractivity contribution in [3.63, 3.8) is 0 Å². The second-order valence-electron chi connectivity index (χ2n) is 6.09. The van der Waals surface area contributed by atoms with Crippen molar-refractivity contribution in [1.82, 2.24) is 0 Å². The average Bonchev–Trinajstić information content (AvgIpc) is 2.62. The molecule has 0 atom stereocenters. The second-order valence-corrected chi connectivity index (χ2v) is 6.09. The van der Waals surface area contributed by atoms with E-state index in [9.17, 15) is 18.0 Å². The van der Waals surface area contributed by atoms with Crippen molar-refractivity contribution in [2.75, 3.05) is 23.3 Å². The van der Waals surface area contributed by atoms with Gasteiger partial charge in [0.25, 0.3) is 5.91 Å². The largest absolute Gasteiger partial charge is 0.416 e. The third-order valence-corrected chi connectivity index (χ3v) is 4.32. The zero-order chi connectivity index (χ0) is 17.9. The Morgan fingerprint density at radius 3 is 2.20 bits per heavy atom. The molecule has 1 fully saturated rings. The molecule has 0 radical (unpaired) electrons. The van der Waals surface area contributed by atoms with Gasteiger partial charge >= 0.3 is 6.18 Å². The van der Waals surface area contributed by atoms with Crippen LogP contribution in [0.3, 0.4) is 0 Å². The summed E-state index contributed by atoms with van der Waals surface area (Å²) in [6, 6.07) is 11.8.